The first kappa shape index (κ1) is 17.0. The number of carboxylic acid groups (broad SMARTS) is 1. The van der Waals surface area contributed by atoms with Crippen molar-refractivity contribution < 1.29 is 14.7 Å². The van der Waals surface area contributed by atoms with Crippen molar-refractivity contribution >= 4 is 12.0 Å². The predicted octanol–water partition coefficient (Wildman–Crippen LogP) is 1.46. The minimum Gasteiger partial charge on any atom is -0.481 e. The van der Waals surface area contributed by atoms with Gasteiger partial charge in [-0.15, -0.1) is 0 Å². The number of carbonyl (C=O) groups is 2. The lowest BCUT2D eigenvalue weighted by atomic mass is 10.1. The zero-order valence-corrected chi connectivity index (χ0v) is 12.4. The topological polar surface area (TPSA) is 96.3 Å². The third-order valence-corrected chi connectivity index (χ3v) is 3.15. The molecule has 1 rings (SSSR count). The second-order valence-electron chi connectivity index (χ2n) is 5.18. The van der Waals surface area contributed by atoms with Gasteiger partial charge in [0.2, 0.25) is 0 Å². The van der Waals surface area contributed by atoms with Crippen LogP contribution in [0.3, 0.4) is 0 Å². The minimum atomic E-state index is -0.802. The predicted molar refractivity (Wildman–Crippen MR) is 78.9 cm³/mol. The highest BCUT2D eigenvalue weighted by atomic mass is 16.4. The molecular weight excluding hydrogens is 272 g/mol. The van der Waals surface area contributed by atoms with Crippen LogP contribution in [0.25, 0.3) is 0 Å². The molecule has 0 saturated heterocycles. The molecule has 0 aliphatic rings. The largest absolute Gasteiger partial charge is 0.481 e. The van der Waals surface area contributed by atoms with Gasteiger partial charge in [-0.05, 0) is 25.2 Å². The Morgan fingerprint density at radius 3 is 2.81 bits per heavy atom. The highest BCUT2D eigenvalue weighted by molar-refractivity contribution is 5.73. The standard InChI is InChI=1S/C14H24N4O3/c1-12(4-5-13(19)20)10-17-14(21)16-6-2-3-8-18-9-7-15-11-18/h7,9,11-12H,2-6,8,10H2,1H3,(H,19,20)(H2,16,17,21). The average Bonchev–Trinajstić information content (AvgIpc) is 2.95. The summed E-state index contributed by atoms with van der Waals surface area (Å²) in [5, 5.41) is 14.1. The molecule has 1 unspecified atom stereocenters. The monoisotopic (exact) mass is 296 g/mol. The van der Waals surface area contributed by atoms with Crippen LogP contribution in [0, 0.1) is 5.92 Å². The van der Waals surface area contributed by atoms with E-state index in [9.17, 15) is 9.59 Å². The van der Waals surface area contributed by atoms with Crippen molar-refractivity contribution in [2.45, 2.75) is 39.2 Å². The van der Waals surface area contributed by atoms with Crippen molar-refractivity contribution in [3.8, 4) is 0 Å². The number of carboxylic acids is 1. The quantitative estimate of drug-likeness (QED) is 0.570. The first-order chi connectivity index (χ1) is 10.1. The van der Waals surface area contributed by atoms with Crippen molar-refractivity contribution in [1.82, 2.24) is 20.2 Å². The van der Waals surface area contributed by atoms with Gasteiger partial charge in [0.1, 0.15) is 0 Å². The smallest absolute Gasteiger partial charge is 0.314 e. The number of imidazole rings is 1. The van der Waals surface area contributed by atoms with Crippen molar-refractivity contribution in [2.24, 2.45) is 5.92 Å². The highest BCUT2D eigenvalue weighted by Gasteiger charge is 2.07. The Hall–Kier alpha value is -2.05. The number of hydrogen-bond donors (Lipinski definition) is 3. The molecule has 0 saturated carbocycles. The normalized spacial score (nSPS) is 11.9. The van der Waals surface area contributed by atoms with Crippen LogP contribution in [0.5, 0.6) is 0 Å². The van der Waals surface area contributed by atoms with Crippen LogP contribution in [0.15, 0.2) is 18.7 Å². The molecule has 0 fully saturated rings. The summed E-state index contributed by atoms with van der Waals surface area (Å²) in [4.78, 5) is 25.9. The molecule has 1 atom stereocenters. The summed E-state index contributed by atoms with van der Waals surface area (Å²) < 4.78 is 2.00. The summed E-state index contributed by atoms with van der Waals surface area (Å²) in [7, 11) is 0. The van der Waals surface area contributed by atoms with Crippen molar-refractivity contribution in [3.05, 3.63) is 18.7 Å². The van der Waals surface area contributed by atoms with Crippen LogP contribution in [-0.2, 0) is 11.3 Å². The fraction of sp³-hybridized carbons (Fsp3) is 0.643. The first-order valence-electron chi connectivity index (χ1n) is 7.27. The number of hydrogen-bond acceptors (Lipinski definition) is 3. The van der Waals surface area contributed by atoms with Gasteiger partial charge in [0.25, 0.3) is 0 Å². The maximum atomic E-state index is 11.5. The molecule has 7 heteroatoms. The van der Waals surface area contributed by atoms with Gasteiger partial charge in [0.15, 0.2) is 0 Å². The van der Waals surface area contributed by atoms with Gasteiger partial charge in [0.05, 0.1) is 6.33 Å². The third-order valence-electron chi connectivity index (χ3n) is 3.15. The Bertz CT molecular complexity index is 420. The second kappa shape index (κ2) is 9.79. The molecule has 0 aliphatic carbocycles. The molecule has 1 aromatic heterocycles. The summed E-state index contributed by atoms with van der Waals surface area (Å²) in [5.41, 5.74) is 0. The molecule has 21 heavy (non-hydrogen) atoms. The van der Waals surface area contributed by atoms with E-state index in [0.717, 1.165) is 19.4 Å². The fourth-order valence-corrected chi connectivity index (χ4v) is 1.84. The van der Waals surface area contributed by atoms with E-state index in [2.05, 4.69) is 15.6 Å². The van der Waals surface area contributed by atoms with Gasteiger partial charge in [-0.3, -0.25) is 4.79 Å². The van der Waals surface area contributed by atoms with Gasteiger partial charge in [-0.1, -0.05) is 6.92 Å². The van der Waals surface area contributed by atoms with E-state index in [-0.39, 0.29) is 18.4 Å². The van der Waals surface area contributed by atoms with E-state index in [0.29, 0.717) is 19.5 Å². The van der Waals surface area contributed by atoms with Crippen LogP contribution in [0.1, 0.15) is 32.6 Å². The SMILES string of the molecule is CC(CCC(=O)O)CNC(=O)NCCCCn1ccnc1. The molecule has 0 aliphatic heterocycles. The van der Waals surface area contributed by atoms with E-state index in [1.54, 1.807) is 12.5 Å². The summed E-state index contributed by atoms with van der Waals surface area (Å²) in [6.07, 6.45) is 8.03. The van der Waals surface area contributed by atoms with Crippen molar-refractivity contribution in [2.75, 3.05) is 13.1 Å². The zero-order valence-electron chi connectivity index (χ0n) is 12.4. The number of aromatic nitrogens is 2. The molecule has 118 valence electrons. The lowest BCUT2D eigenvalue weighted by Gasteiger charge is -2.12. The Morgan fingerprint density at radius 2 is 2.14 bits per heavy atom. The van der Waals surface area contributed by atoms with E-state index >= 15 is 0 Å². The summed E-state index contributed by atoms with van der Waals surface area (Å²) in [6.45, 7) is 3.95. The number of unbranched alkanes of at least 4 members (excludes halogenated alkanes) is 1. The molecule has 0 radical (unpaired) electrons. The number of urea groups is 1. The van der Waals surface area contributed by atoms with Gasteiger partial charge < -0.3 is 20.3 Å². The van der Waals surface area contributed by atoms with Gasteiger partial charge >= 0.3 is 12.0 Å². The molecule has 0 spiro atoms. The maximum absolute atomic E-state index is 11.5. The number of aliphatic carboxylic acids is 1. The van der Waals surface area contributed by atoms with Crippen molar-refractivity contribution in [1.29, 1.82) is 0 Å². The lowest BCUT2D eigenvalue weighted by molar-refractivity contribution is -0.137. The van der Waals surface area contributed by atoms with Crippen LogP contribution in [0.2, 0.25) is 0 Å². The highest BCUT2D eigenvalue weighted by Crippen LogP contribution is 2.03. The number of aryl methyl sites for hydroxylation is 1. The third kappa shape index (κ3) is 8.67. The Balaban J connectivity index is 1.97. The molecule has 0 aromatic carbocycles. The second-order valence-corrected chi connectivity index (χ2v) is 5.18. The van der Waals surface area contributed by atoms with E-state index < -0.39 is 5.97 Å². The molecule has 2 amide bonds. The average molecular weight is 296 g/mol. The fourth-order valence-electron chi connectivity index (χ4n) is 1.84. The first-order valence-corrected chi connectivity index (χ1v) is 7.27. The Labute approximate surface area is 124 Å². The van der Waals surface area contributed by atoms with Gasteiger partial charge in [-0.2, -0.15) is 0 Å². The van der Waals surface area contributed by atoms with Crippen LogP contribution < -0.4 is 10.6 Å². The summed E-state index contributed by atoms with van der Waals surface area (Å²) in [5.74, 6) is -0.641. The Morgan fingerprint density at radius 1 is 1.33 bits per heavy atom. The van der Waals surface area contributed by atoms with Gasteiger partial charge in [-0.25, -0.2) is 9.78 Å². The molecule has 7 nitrogen and oxygen atoms in total. The number of nitrogens with one attached hydrogen (secondary N) is 2. The van der Waals surface area contributed by atoms with E-state index in [4.69, 9.17) is 5.11 Å². The van der Waals surface area contributed by atoms with E-state index in [1.165, 1.54) is 0 Å². The van der Waals surface area contributed by atoms with Crippen LogP contribution in [0.4, 0.5) is 4.79 Å². The minimum absolute atomic E-state index is 0.138. The molecule has 3 N–H and O–H groups in total. The zero-order chi connectivity index (χ0) is 15.5. The summed E-state index contributed by atoms with van der Waals surface area (Å²) in [6, 6.07) is -0.195. The van der Waals surface area contributed by atoms with Gasteiger partial charge in [0, 0.05) is 38.4 Å². The number of nitrogens with zero attached hydrogens (tertiary/aromatic N) is 2. The van der Waals surface area contributed by atoms with Crippen LogP contribution in [-0.4, -0.2) is 39.7 Å². The number of amides is 2. The summed E-state index contributed by atoms with van der Waals surface area (Å²) >= 11 is 0. The van der Waals surface area contributed by atoms with E-state index in [1.807, 2.05) is 17.7 Å². The van der Waals surface area contributed by atoms with Crippen molar-refractivity contribution in [3.63, 3.8) is 0 Å². The maximum Gasteiger partial charge on any atom is 0.314 e. The van der Waals surface area contributed by atoms with Crippen LogP contribution >= 0.6 is 0 Å². The number of carbonyl (C=O) groups excluding carboxylic acids is 1. The molecule has 1 aromatic rings. The molecular formula is C14H24N4O3. The lowest BCUT2D eigenvalue weighted by Crippen LogP contribution is -2.38. The number of rotatable bonds is 10. The Kier molecular flexibility index (Phi) is 7.93. The molecule has 0 bridgehead atoms. The molecule has 1 heterocycles.